The molecule has 0 bridgehead atoms. The second kappa shape index (κ2) is 10.8. The van der Waals surface area contributed by atoms with Crippen molar-refractivity contribution in [3.05, 3.63) is 94.7 Å². The summed E-state index contributed by atoms with van der Waals surface area (Å²) in [6.07, 6.45) is 1.63. The molecule has 7 nitrogen and oxygen atoms in total. The summed E-state index contributed by atoms with van der Waals surface area (Å²) in [4.78, 5) is 14.8. The molecule has 0 saturated carbocycles. The van der Waals surface area contributed by atoms with Crippen LogP contribution in [0.1, 0.15) is 19.4 Å². The van der Waals surface area contributed by atoms with Crippen LogP contribution in [-0.2, 0) is 6.61 Å². The maximum Gasteiger partial charge on any atom is 0.269 e. The lowest BCUT2D eigenvalue weighted by Gasteiger charge is -2.14. The molecule has 0 spiro atoms. The average Bonchev–Trinajstić information content (AvgIpc) is 2.84. The molecule has 4 rings (SSSR count). The second-order valence-electron chi connectivity index (χ2n) is 6.46. The van der Waals surface area contributed by atoms with E-state index in [0.29, 0.717) is 35.1 Å². The molecule has 0 N–H and O–H groups in total. The summed E-state index contributed by atoms with van der Waals surface area (Å²) in [6.45, 7) is 4.39. The van der Waals surface area contributed by atoms with Crippen molar-refractivity contribution in [3.63, 3.8) is 0 Å². The molecule has 0 saturated heterocycles. The zero-order valence-corrected chi connectivity index (χ0v) is 18.1. The third-order valence-corrected chi connectivity index (χ3v) is 4.50. The maximum atomic E-state index is 10.8. The number of hydrogen-bond acceptors (Lipinski definition) is 6. The number of nitro groups is 1. The Kier molecular flexibility index (Phi) is 7.59. The van der Waals surface area contributed by atoms with Crippen molar-refractivity contribution in [1.82, 2.24) is 4.98 Å². The first-order chi connectivity index (χ1) is 15.6. The number of methoxy groups -OCH3 is 1. The van der Waals surface area contributed by atoms with Crippen LogP contribution in [0.2, 0.25) is 0 Å². The lowest BCUT2D eigenvalue weighted by Crippen LogP contribution is -1.98. The van der Waals surface area contributed by atoms with Gasteiger partial charge in [-0.05, 0) is 29.8 Å². The van der Waals surface area contributed by atoms with Crippen molar-refractivity contribution in [3.8, 4) is 23.0 Å². The first kappa shape index (κ1) is 22.6. The van der Waals surface area contributed by atoms with Crippen LogP contribution >= 0.6 is 0 Å². The number of pyridine rings is 1. The predicted molar refractivity (Wildman–Crippen MR) is 124 cm³/mol. The van der Waals surface area contributed by atoms with Gasteiger partial charge < -0.3 is 14.2 Å². The number of nitro benzene ring substituents is 1. The van der Waals surface area contributed by atoms with Gasteiger partial charge in [0.1, 0.15) is 18.1 Å². The highest BCUT2D eigenvalue weighted by atomic mass is 16.6. The molecule has 0 amide bonds. The molecule has 32 heavy (non-hydrogen) atoms. The monoisotopic (exact) mass is 432 g/mol. The summed E-state index contributed by atoms with van der Waals surface area (Å²) >= 11 is 0. The van der Waals surface area contributed by atoms with Gasteiger partial charge in [-0.2, -0.15) is 0 Å². The molecule has 0 aliphatic heterocycles. The molecular formula is C25H24N2O5. The molecule has 0 fully saturated rings. The molecule has 0 unspecified atom stereocenters. The summed E-state index contributed by atoms with van der Waals surface area (Å²) in [5.41, 5.74) is 1.72. The van der Waals surface area contributed by atoms with E-state index in [-0.39, 0.29) is 5.69 Å². The Bertz CT molecular complexity index is 1180. The van der Waals surface area contributed by atoms with Crippen LogP contribution in [0.5, 0.6) is 23.0 Å². The third-order valence-electron chi connectivity index (χ3n) is 4.50. The molecular weight excluding hydrogens is 408 g/mol. The van der Waals surface area contributed by atoms with Gasteiger partial charge in [-0.1, -0.05) is 44.2 Å². The molecule has 7 heteroatoms. The maximum absolute atomic E-state index is 10.8. The van der Waals surface area contributed by atoms with E-state index in [0.717, 1.165) is 10.9 Å². The number of benzene rings is 3. The van der Waals surface area contributed by atoms with Gasteiger partial charge >= 0.3 is 0 Å². The Morgan fingerprint density at radius 2 is 1.62 bits per heavy atom. The van der Waals surface area contributed by atoms with Gasteiger partial charge in [0.2, 0.25) is 0 Å². The zero-order chi connectivity index (χ0) is 22.9. The quantitative estimate of drug-likeness (QED) is 0.243. The van der Waals surface area contributed by atoms with E-state index in [1.54, 1.807) is 37.6 Å². The Morgan fingerprint density at radius 3 is 2.28 bits per heavy atom. The van der Waals surface area contributed by atoms with E-state index >= 15 is 0 Å². The lowest BCUT2D eigenvalue weighted by atomic mass is 10.1. The Labute approximate surface area is 186 Å². The van der Waals surface area contributed by atoms with Crippen LogP contribution in [-0.4, -0.2) is 17.0 Å². The minimum atomic E-state index is -0.450. The number of aromatic nitrogens is 1. The van der Waals surface area contributed by atoms with Gasteiger partial charge in [0.25, 0.3) is 5.69 Å². The fourth-order valence-electron chi connectivity index (χ4n) is 2.99. The van der Waals surface area contributed by atoms with E-state index in [1.165, 1.54) is 12.1 Å². The van der Waals surface area contributed by atoms with Crippen LogP contribution in [0.15, 0.2) is 79.0 Å². The van der Waals surface area contributed by atoms with Gasteiger partial charge in [0, 0.05) is 29.8 Å². The number of non-ortho nitro benzene ring substituents is 1. The van der Waals surface area contributed by atoms with E-state index < -0.39 is 4.92 Å². The number of fused-ring (bicyclic) bond motifs is 1. The van der Waals surface area contributed by atoms with Gasteiger partial charge in [0.15, 0.2) is 11.5 Å². The van der Waals surface area contributed by atoms with Crippen molar-refractivity contribution in [2.45, 2.75) is 20.5 Å². The topological polar surface area (TPSA) is 83.7 Å². The molecule has 0 aliphatic rings. The van der Waals surface area contributed by atoms with Gasteiger partial charge in [-0.25, -0.2) is 0 Å². The third kappa shape index (κ3) is 5.31. The molecule has 164 valence electrons. The summed E-state index contributed by atoms with van der Waals surface area (Å²) in [7, 11) is 1.58. The molecule has 0 radical (unpaired) electrons. The fourth-order valence-corrected chi connectivity index (χ4v) is 2.99. The van der Waals surface area contributed by atoms with Gasteiger partial charge in [-0.3, -0.25) is 15.1 Å². The van der Waals surface area contributed by atoms with Crippen LogP contribution < -0.4 is 14.2 Å². The molecule has 0 atom stereocenters. The highest BCUT2D eigenvalue weighted by molar-refractivity contribution is 5.88. The standard InChI is InChI=1S/C23H18N2O5.C2H6/c1-28-22-14-20-19(13-23(22)29-15-16-5-3-2-4-6-16)21(11-12-24-20)30-18-9-7-17(8-10-18)25(26)27;1-2/h2-14H,15H2,1H3;1-2H3. The van der Waals surface area contributed by atoms with E-state index in [1.807, 2.05) is 50.2 Å². The van der Waals surface area contributed by atoms with Crippen LogP contribution in [0.25, 0.3) is 10.9 Å². The molecule has 1 aromatic heterocycles. The SMILES string of the molecule is CC.COc1cc2nccc(Oc3ccc([N+](=O)[O-])cc3)c2cc1OCc1ccccc1. The fraction of sp³-hybridized carbons (Fsp3) is 0.160. The van der Waals surface area contributed by atoms with Crippen LogP contribution in [0.4, 0.5) is 5.69 Å². The van der Waals surface area contributed by atoms with E-state index in [9.17, 15) is 10.1 Å². The average molecular weight is 432 g/mol. The van der Waals surface area contributed by atoms with Gasteiger partial charge in [0.05, 0.1) is 17.5 Å². The van der Waals surface area contributed by atoms with Crippen molar-refractivity contribution in [1.29, 1.82) is 0 Å². The number of ether oxygens (including phenoxy) is 3. The Hall–Kier alpha value is -4.13. The summed E-state index contributed by atoms with van der Waals surface area (Å²) in [5, 5.41) is 11.6. The highest BCUT2D eigenvalue weighted by Gasteiger charge is 2.13. The number of hydrogen-bond donors (Lipinski definition) is 0. The number of nitrogens with zero attached hydrogens (tertiary/aromatic N) is 2. The van der Waals surface area contributed by atoms with Gasteiger partial charge in [-0.15, -0.1) is 0 Å². The molecule has 3 aromatic carbocycles. The molecule has 1 heterocycles. The van der Waals surface area contributed by atoms with Crippen molar-refractivity contribution in [2.75, 3.05) is 7.11 Å². The van der Waals surface area contributed by atoms with Crippen LogP contribution in [0, 0.1) is 10.1 Å². The predicted octanol–water partition coefficient (Wildman–Crippen LogP) is 6.55. The Balaban J connectivity index is 0.00000141. The largest absolute Gasteiger partial charge is 0.493 e. The number of rotatable bonds is 7. The molecule has 0 aliphatic carbocycles. The minimum Gasteiger partial charge on any atom is -0.493 e. The summed E-state index contributed by atoms with van der Waals surface area (Å²) in [5.74, 6) is 2.17. The van der Waals surface area contributed by atoms with Crippen LogP contribution in [0.3, 0.4) is 0 Å². The minimum absolute atomic E-state index is 0.00303. The first-order valence-corrected chi connectivity index (χ1v) is 10.2. The first-order valence-electron chi connectivity index (χ1n) is 10.2. The second-order valence-corrected chi connectivity index (χ2v) is 6.46. The van der Waals surface area contributed by atoms with Crippen molar-refractivity contribution >= 4 is 16.6 Å². The zero-order valence-electron chi connectivity index (χ0n) is 18.1. The smallest absolute Gasteiger partial charge is 0.269 e. The Morgan fingerprint density at radius 1 is 0.906 bits per heavy atom. The van der Waals surface area contributed by atoms with E-state index in [2.05, 4.69) is 4.98 Å². The van der Waals surface area contributed by atoms with Crippen molar-refractivity contribution in [2.24, 2.45) is 0 Å². The van der Waals surface area contributed by atoms with E-state index in [4.69, 9.17) is 14.2 Å². The summed E-state index contributed by atoms with van der Waals surface area (Å²) < 4.78 is 17.4. The lowest BCUT2D eigenvalue weighted by molar-refractivity contribution is -0.384. The summed E-state index contributed by atoms with van der Waals surface area (Å²) in [6, 6.07) is 21.1. The normalized spacial score (nSPS) is 10.1. The van der Waals surface area contributed by atoms with Crippen molar-refractivity contribution < 1.29 is 19.1 Å². The molecule has 4 aromatic rings. The highest BCUT2D eigenvalue weighted by Crippen LogP contribution is 2.37.